The summed E-state index contributed by atoms with van der Waals surface area (Å²) in [5.41, 5.74) is 7.80. The molecule has 0 radical (unpaired) electrons. The Morgan fingerprint density at radius 3 is 2.56 bits per heavy atom. The largest absolute Gasteiger partial charge is 0.347 e. The molecule has 6 heteroatoms. The number of nitrogens with zero attached hydrogens (tertiary/aromatic N) is 1. The first-order valence-corrected chi connectivity index (χ1v) is 9.80. The van der Waals surface area contributed by atoms with Crippen molar-refractivity contribution in [1.29, 1.82) is 0 Å². The fourth-order valence-corrected chi connectivity index (χ4v) is 4.55. The van der Waals surface area contributed by atoms with E-state index in [2.05, 4.69) is 53.3 Å². The fourth-order valence-electron chi connectivity index (χ4n) is 4.55. The van der Waals surface area contributed by atoms with Crippen molar-refractivity contribution >= 4 is 16.7 Å². The summed E-state index contributed by atoms with van der Waals surface area (Å²) in [5.74, 6) is -0.276. The van der Waals surface area contributed by atoms with Crippen LogP contribution < -0.4 is 10.9 Å². The minimum atomic E-state index is -0.441. The zero-order valence-electron chi connectivity index (χ0n) is 15.3. The quantitative estimate of drug-likeness (QED) is 0.851. The van der Waals surface area contributed by atoms with Crippen LogP contribution in [0.1, 0.15) is 30.9 Å². The van der Waals surface area contributed by atoms with Crippen molar-refractivity contribution in [3.8, 4) is 0 Å². The Labute approximate surface area is 158 Å². The average molecular weight is 367 g/mol. The first-order valence-electron chi connectivity index (χ1n) is 9.80. The van der Waals surface area contributed by atoms with E-state index in [4.69, 9.17) is 9.47 Å². The maximum atomic E-state index is 13.0. The highest BCUT2D eigenvalue weighted by Crippen LogP contribution is 2.33. The molecule has 1 spiro atoms. The lowest BCUT2D eigenvalue weighted by Gasteiger charge is -2.38. The van der Waals surface area contributed by atoms with Gasteiger partial charge in [-0.2, -0.15) is 0 Å². The molecule has 0 aromatic heterocycles. The molecule has 0 aliphatic carbocycles. The molecule has 2 aromatic carbocycles. The van der Waals surface area contributed by atoms with Gasteiger partial charge >= 0.3 is 0 Å². The van der Waals surface area contributed by atoms with Crippen LogP contribution in [0, 0.1) is 0 Å². The van der Waals surface area contributed by atoms with Crippen molar-refractivity contribution in [3.63, 3.8) is 0 Å². The lowest BCUT2D eigenvalue weighted by atomic mass is 9.95. The van der Waals surface area contributed by atoms with Gasteiger partial charge in [-0.25, -0.2) is 10.9 Å². The van der Waals surface area contributed by atoms with Crippen LogP contribution in [-0.2, 0) is 14.3 Å². The molecule has 6 nitrogen and oxygen atoms in total. The lowest BCUT2D eigenvalue weighted by Crippen LogP contribution is -2.52. The Bertz CT molecular complexity index is 834. The molecule has 3 aliphatic heterocycles. The van der Waals surface area contributed by atoms with Gasteiger partial charge in [0.15, 0.2) is 5.79 Å². The second kappa shape index (κ2) is 6.87. The van der Waals surface area contributed by atoms with Gasteiger partial charge < -0.3 is 14.4 Å². The third-order valence-electron chi connectivity index (χ3n) is 6.05. The number of hydrogen-bond donors (Lipinski definition) is 2. The van der Waals surface area contributed by atoms with E-state index < -0.39 is 5.79 Å². The smallest absolute Gasteiger partial charge is 0.241 e. The van der Waals surface area contributed by atoms with E-state index in [9.17, 15) is 4.79 Å². The Morgan fingerprint density at radius 2 is 1.74 bits per heavy atom. The Morgan fingerprint density at radius 1 is 1.00 bits per heavy atom. The van der Waals surface area contributed by atoms with Crippen LogP contribution in [0.2, 0.25) is 0 Å². The maximum Gasteiger partial charge on any atom is 0.241 e. The van der Waals surface area contributed by atoms with Gasteiger partial charge in [-0.05, 0) is 22.8 Å². The summed E-state index contributed by atoms with van der Waals surface area (Å²) in [4.78, 5) is 14.9. The molecule has 3 saturated heterocycles. The van der Waals surface area contributed by atoms with Crippen LogP contribution in [0.4, 0.5) is 0 Å². The summed E-state index contributed by atoms with van der Waals surface area (Å²) in [5, 5.41) is 2.47. The van der Waals surface area contributed by atoms with Crippen molar-refractivity contribution in [2.24, 2.45) is 0 Å². The number of hydrazine groups is 1. The number of ether oxygens (including phenoxy) is 2. The molecule has 27 heavy (non-hydrogen) atoms. The number of fused-ring (bicyclic) bond motifs is 1. The van der Waals surface area contributed by atoms with Crippen LogP contribution in [0.3, 0.4) is 0 Å². The molecule has 142 valence electrons. The number of nitrogens with one attached hydrogen (secondary N) is 2. The Hall–Kier alpha value is -1.99. The molecule has 2 atom stereocenters. The standard InChI is InChI=1S/C21H25N3O3/c25-20(24-10-8-21(9-11-24)26-12-13-27-21)19-14-18(22-23-19)17-7-3-5-15-4-1-2-6-16(15)17/h1-7,18-19,22-23H,8-14H2. The van der Waals surface area contributed by atoms with Gasteiger partial charge in [-0.1, -0.05) is 42.5 Å². The number of amides is 1. The van der Waals surface area contributed by atoms with Gasteiger partial charge in [-0.15, -0.1) is 0 Å². The van der Waals surface area contributed by atoms with E-state index in [0.717, 1.165) is 19.3 Å². The minimum absolute atomic E-state index is 0.127. The lowest BCUT2D eigenvalue weighted by molar-refractivity contribution is -0.187. The predicted molar refractivity (Wildman–Crippen MR) is 102 cm³/mol. The van der Waals surface area contributed by atoms with E-state index in [-0.39, 0.29) is 18.0 Å². The van der Waals surface area contributed by atoms with Crippen molar-refractivity contribution in [2.45, 2.75) is 37.1 Å². The molecule has 0 bridgehead atoms. The van der Waals surface area contributed by atoms with Gasteiger partial charge in [-0.3, -0.25) is 4.79 Å². The number of carbonyl (C=O) groups is 1. The normalized spacial score (nSPS) is 27.5. The average Bonchev–Trinajstić information content (AvgIpc) is 3.38. The molecular formula is C21H25N3O3. The number of rotatable bonds is 2. The van der Waals surface area contributed by atoms with Crippen molar-refractivity contribution in [1.82, 2.24) is 15.8 Å². The van der Waals surface area contributed by atoms with Crippen molar-refractivity contribution in [2.75, 3.05) is 26.3 Å². The van der Waals surface area contributed by atoms with Gasteiger partial charge in [0.1, 0.15) is 6.04 Å². The maximum absolute atomic E-state index is 13.0. The van der Waals surface area contributed by atoms with Crippen LogP contribution in [0.15, 0.2) is 42.5 Å². The molecule has 5 rings (SSSR count). The zero-order chi connectivity index (χ0) is 18.3. The highest BCUT2D eigenvalue weighted by atomic mass is 16.7. The van der Waals surface area contributed by atoms with E-state index in [1.54, 1.807) is 0 Å². The second-order valence-corrected chi connectivity index (χ2v) is 7.63. The summed E-state index contributed by atoms with van der Waals surface area (Å²) in [6.07, 6.45) is 2.26. The number of carbonyl (C=O) groups excluding carboxylic acids is 1. The molecular weight excluding hydrogens is 342 g/mol. The summed E-state index contributed by atoms with van der Waals surface area (Å²) < 4.78 is 11.5. The van der Waals surface area contributed by atoms with Crippen molar-refractivity contribution < 1.29 is 14.3 Å². The number of piperidine rings is 1. The molecule has 2 N–H and O–H groups in total. The third-order valence-corrected chi connectivity index (χ3v) is 6.05. The van der Waals surface area contributed by atoms with Gasteiger partial charge in [0, 0.05) is 32.0 Å². The van der Waals surface area contributed by atoms with Crippen LogP contribution in [0.25, 0.3) is 10.8 Å². The SMILES string of the molecule is O=C(C1CC(c2cccc3ccccc23)NN1)N1CCC2(CC1)OCCO2. The summed E-state index contributed by atoms with van der Waals surface area (Å²) in [6, 6.07) is 14.7. The van der Waals surface area contributed by atoms with Gasteiger partial charge in [0.05, 0.1) is 13.2 Å². The van der Waals surface area contributed by atoms with Gasteiger partial charge in [0.25, 0.3) is 0 Å². The molecule has 0 saturated carbocycles. The Balaban J connectivity index is 1.26. The van der Waals surface area contributed by atoms with E-state index in [0.29, 0.717) is 26.3 Å². The number of likely N-dealkylation sites (tertiary alicyclic amines) is 1. The number of benzene rings is 2. The highest BCUT2D eigenvalue weighted by Gasteiger charge is 2.42. The van der Waals surface area contributed by atoms with Crippen LogP contribution in [-0.4, -0.2) is 48.9 Å². The number of hydrogen-bond acceptors (Lipinski definition) is 5. The van der Waals surface area contributed by atoms with Crippen LogP contribution >= 0.6 is 0 Å². The monoisotopic (exact) mass is 367 g/mol. The third kappa shape index (κ3) is 3.12. The predicted octanol–water partition coefficient (Wildman–Crippen LogP) is 2.11. The molecule has 2 unspecified atom stereocenters. The Kier molecular flexibility index (Phi) is 4.36. The molecule has 3 fully saturated rings. The highest BCUT2D eigenvalue weighted by molar-refractivity contribution is 5.87. The van der Waals surface area contributed by atoms with E-state index >= 15 is 0 Å². The minimum Gasteiger partial charge on any atom is -0.347 e. The molecule has 3 heterocycles. The van der Waals surface area contributed by atoms with E-state index in [1.165, 1.54) is 16.3 Å². The molecule has 1 amide bonds. The van der Waals surface area contributed by atoms with Crippen molar-refractivity contribution in [3.05, 3.63) is 48.0 Å². The first-order chi connectivity index (χ1) is 13.2. The fraction of sp³-hybridized carbons (Fsp3) is 0.476. The first kappa shape index (κ1) is 17.1. The summed E-state index contributed by atoms with van der Waals surface area (Å²) >= 11 is 0. The van der Waals surface area contributed by atoms with E-state index in [1.807, 2.05) is 4.90 Å². The topological polar surface area (TPSA) is 62.8 Å². The zero-order valence-corrected chi connectivity index (χ0v) is 15.3. The van der Waals surface area contributed by atoms with Crippen LogP contribution in [0.5, 0.6) is 0 Å². The summed E-state index contributed by atoms with van der Waals surface area (Å²) in [7, 11) is 0. The summed E-state index contributed by atoms with van der Waals surface area (Å²) in [6.45, 7) is 2.70. The van der Waals surface area contributed by atoms with Gasteiger partial charge in [0.2, 0.25) is 5.91 Å². The molecule has 3 aliphatic rings. The second-order valence-electron chi connectivity index (χ2n) is 7.63. The molecule has 2 aromatic rings.